The van der Waals surface area contributed by atoms with Gasteiger partial charge in [-0.15, -0.1) is 0 Å². The van der Waals surface area contributed by atoms with Crippen LogP contribution in [0.25, 0.3) is 0 Å². The predicted octanol–water partition coefficient (Wildman–Crippen LogP) is 2.14. The Morgan fingerprint density at radius 1 is 1.75 bits per heavy atom. The molecular weight excluding hydrogens is 123 g/mol. The smallest absolute Gasteiger partial charge is 0.321 e. The van der Waals surface area contributed by atoms with Gasteiger partial charge in [0.1, 0.15) is 0 Å². The summed E-state index contributed by atoms with van der Waals surface area (Å²) in [7, 11) is -1.61. The molecule has 0 bridgehead atoms. The second-order valence-electron chi connectivity index (χ2n) is 2.57. The maximum Gasteiger partial charge on any atom is 0.321 e. The van der Waals surface area contributed by atoms with Crippen LogP contribution in [0.4, 0.5) is 4.79 Å². The standard InChI is InChI=1S/C5H11O2P/c1-5(2,3)8-4(6)7/h8H,1-3H3,(H,6,7)/i8D. The molecule has 0 amide bonds. The Labute approximate surface area is 52.4 Å². The molecule has 0 aliphatic rings. The van der Waals surface area contributed by atoms with Crippen molar-refractivity contribution in [2.75, 3.05) is 0 Å². The average Bonchev–Trinajstić information content (AvgIpc) is 1.62. The zero-order valence-electron chi connectivity index (χ0n) is 6.30. The first-order valence-corrected chi connectivity index (χ1v) is 3.27. The molecule has 0 saturated heterocycles. The van der Waals surface area contributed by atoms with Crippen molar-refractivity contribution >= 4 is 14.2 Å². The minimum atomic E-state index is -1.61. The summed E-state index contributed by atoms with van der Waals surface area (Å²) in [5.41, 5.74) is -0.988. The molecule has 0 aliphatic heterocycles. The molecule has 0 saturated carbocycles. The third-order valence-electron chi connectivity index (χ3n) is 0.431. The van der Waals surface area contributed by atoms with Crippen LogP contribution in [0.3, 0.4) is 0 Å². The number of carboxylic acid groups (broad SMARTS) is 1. The van der Waals surface area contributed by atoms with Crippen molar-refractivity contribution in [1.82, 2.24) is 0 Å². The van der Waals surface area contributed by atoms with Crippen LogP contribution >= 0.6 is 8.53 Å². The molecule has 2 nitrogen and oxygen atoms in total. The van der Waals surface area contributed by atoms with Crippen LogP contribution in [0, 0.1) is 0 Å². The molecule has 0 radical (unpaired) electrons. The van der Waals surface area contributed by atoms with Gasteiger partial charge in [-0.2, -0.15) is 0 Å². The van der Waals surface area contributed by atoms with Gasteiger partial charge in [-0.1, -0.05) is 20.8 Å². The minimum absolute atomic E-state index is 0.388. The highest BCUT2D eigenvalue weighted by atomic mass is 31.1. The SMILES string of the molecule is [2H]P(C(=O)O)C(C)(C)C. The van der Waals surface area contributed by atoms with E-state index >= 15 is 0 Å². The van der Waals surface area contributed by atoms with E-state index in [4.69, 9.17) is 6.39 Å². The summed E-state index contributed by atoms with van der Waals surface area (Å²) in [6.07, 6.45) is 0. The third kappa shape index (κ3) is 5.90. The van der Waals surface area contributed by atoms with Crippen molar-refractivity contribution in [1.29, 1.82) is 1.28 Å². The van der Waals surface area contributed by atoms with Crippen molar-refractivity contribution in [2.24, 2.45) is 0 Å². The Bertz CT molecular complexity index is 119. The summed E-state index contributed by atoms with van der Waals surface area (Å²) < 4.78 is 7.14. The molecule has 0 aromatic carbocycles. The maximum absolute atomic E-state index is 10.2. The lowest BCUT2D eigenvalue weighted by Gasteiger charge is -2.13. The molecule has 0 aliphatic carbocycles. The van der Waals surface area contributed by atoms with Crippen molar-refractivity contribution in [3.63, 3.8) is 0 Å². The summed E-state index contributed by atoms with van der Waals surface area (Å²) in [4.78, 5) is 10.2. The summed E-state index contributed by atoms with van der Waals surface area (Å²) in [6.45, 7) is 5.29. The van der Waals surface area contributed by atoms with Crippen LogP contribution in [0.5, 0.6) is 0 Å². The fourth-order valence-electron chi connectivity index (χ4n) is 0.287. The maximum atomic E-state index is 10.2. The predicted molar refractivity (Wildman–Crippen MR) is 36.1 cm³/mol. The average molecular weight is 135 g/mol. The topological polar surface area (TPSA) is 37.3 Å². The first kappa shape index (κ1) is 6.03. The molecule has 48 valence electrons. The van der Waals surface area contributed by atoms with E-state index in [-0.39, 0.29) is 5.16 Å². The fourth-order valence-corrected chi connectivity index (χ4v) is 0.861. The van der Waals surface area contributed by atoms with E-state index in [2.05, 4.69) is 0 Å². The van der Waals surface area contributed by atoms with Gasteiger partial charge in [-0.25, -0.2) is 4.79 Å². The van der Waals surface area contributed by atoms with Crippen molar-refractivity contribution in [3.05, 3.63) is 0 Å². The largest absolute Gasteiger partial charge is 0.478 e. The number of hydrogen-bond donors (Lipinski definition) is 1. The van der Waals surface area contributed by atoms with Gasteiger partial charge in [0.15, 0.2) is 0 Å². The molecule has 0 aromatic rings. The van der Waals surface area contributed by atoms with E-state index in [0.29, 0.717) is 0 Å². The van der Waals surface area contributed by atoms with Crippen LogP contribution in [-0.4, -0.2) is 17.3 Å². The van der Waals surface area contributed by atoms with Gasteiger partial charge in [-0.3, -0.25) is 0 Å². The molecule has 0 heterocycles. The monoisotopic (exact) mass is 135 g/mol. The zero-order chi connectivity index (χ0) is 7.65. The van der Waals surface area contributed by atoms with Crippen LogP contribution in [-0.2, 0) is 0 Å². The Morgan fingerprint density at radius 2 is 2.12 bits per heavy atom. The van der Waals surface area contributed by atoms with Gasteiger partial charge in [0.25, 0.3) is 0 Å². The molecule has 0 rings (SSSR count). The van der Waals surface area contributed by atoms with E-state index in [1.54, 1.807) is 20.8 Å². The van der Waals surface area contributed by atoms with Crippen molar-refractivity contribution in [3.8, 4) is 0 Å². The second-order valence-corrected chi connectivity index (χ2v) is 4.51. The van der Waals surface area contributed by atoms with Crippen LogP contribution in [0.2, 0.25) is 0 Å². The molecule has 1 atom stereocenters. The third-order valence-corrected chi connectivity index (χ3v) is 1.29. The van der Waals surface area contributed by atoms with Gasteiger partial charge >= 0.3 is 5.71 Å². The van der Waals surface area contributed by atoms with E-state index in [1.165, 1.54) is 0 Å². The van der Waals surface area contributed by atoms with Crippen LogP contribution < -0.4 is 0 Å². The normalized spacial score (nSPS) is 17.1. The van der Waals surface area contributed by atoms with Crippen molar-refractivity contribution in [2.45, 2.75) is 25.9 Å². The van der Waals surface area contributed by atoms with Gasteiger partial charge < -0.3 is 5.11 Å². The van der Waals surface area contributed by atoms with Gasteiger partial charge in [0, 0.05) is 8.53 Å². The summed E-state index contributed by atoms with van der Waals surface area (Å²) in [6, 6.07) is 0. The van der Waals surface area contributed by atoms with Crippen molar-refractivity contribution < 1.29 is 9.90 Å². The first-order valence-electron chi connectivity index (χ1n) is 2.82. The van der Waals surface area contributed by atoms with E-state index in [1.807, 2.05) is 0 Å². The lowest BCUT2D eigenvalue weighted by Crippen LogP contribution is -2.07. The Kier molecular flexibility index (Phi) is 1.85. The quantitative estimate of drug-likeness (QED) is 0.559. The Morgan fingerprint density at radius 3 is 2.12 bits per heavy atom. The van der Waals surface area contributed by atoms with Gasteiger partial charge in [-0.05, 0) is 5.16 Å². The van der Waals surface area contributed by atoms with Crippen LogP contribution in [0.1, 0.15) is 20.8 Å². The molecular formula is C5H11O2P. The summed E-state index contributed by atoms with van der Waals surface area (Å²) in [5, 5.41) is 7.97. The highest BCUT2D eigenvalue weighted by molar-refractivity contribution is 7.58. The molecule has 1 N–H and O–H groups in total. The second kappa shape index (κ2) is 2.45. The molecule has 0 aromatic heterocycles. The number of carbonyl (C=O) groups is 1. The fraction of sp³-hybridized carbons (Fsp3) is 0.800. The number of hydrogen-bond acceptors (Lipinski definition) is 1. The van der Waals surface area contributed by atoms with Gasteiger partial charge in [0.2, 0.25) is 0 Å². The first-order chi connectivity index (χ1) is 3.85. The Balaban J connectivity index is 4.04. The van der Waals surface area contributed by atoms with E-state index in [9.17, 15) is 4.79 Å². The number of rotatable bonds is 1. The van der Waals surface area contributed by atoms with E-state index in [0.717, 1.165) is 0 Å². The zero-order valence-corrected chi connectivity index (χ0v) is 6.20. The highest BCUT2D eigenvalue weighted by Crippen LogP contribution is 2.30. The highest BCUT2D eigenvalue weighted by Gasteiger charge is 2.13. The summed E-state index contributed by atoms with van der Waals surface area (Å²) >= 11 is 0. The Hall–Kier alpha value is -0.100. The molecule has 3 heteroatoms. The minimum Gasteiger partial charge on any atom is -0.478 e. The van der Waals surface area contributed by atoms with Crippen LogP contribution in [0.15, 0.2) is 0 Å². The molecule has 8 heavy (non-hydrogen) atoms. The van der Waals surface area contributed by atoms with E-state index < -0.39 is 14.2 Å². The molecule has 1 unspecified atom stereocenters. The van der Waals surface area contributed by atoms with Gasteiger partial charge in [0.05, 0.1) is 1.28 Å². The summed E-state index contributed by atoms with van der Waals surface area (Å²) in [5.74, 6) is 0. The molecule has 0 fully saturated rings. The lowest BCUT2D eigenvalue weighted by molar-refractivity contribution is 0.221. The molecule has 0 spiro atoms. The lowest BCUT2D eigenvalue weighted by atomic mass is 10.3.